The Morgan fingerprint density at radius 1 is 1.41 bits per heavy atom. The molecule has 0 spiro atoms. The van der Waals surface area contributed by atoms with Crippen LogP contribution in [0.1, 0.15) is 34.1 Å². The standard InChI is InChI=1S/C17H21N3O2/c1-12-15(11-20(2)19-12)17(21)18-10-14-8-9-22-16(14)13-6-4-3-5-7-13/h3-7,11,14,16H,8-10H2,1-2H3,(H,18,21)/t14-,16-/m0/s1. The van der Waals surface area contributed by atoms with Crippen LogP contribution in [0.2, 0.25) is 0 Å². The molecule has 1 aliphatic heterocycles. The molecule has 0 aliphatic carbocycles. The molecule has 0 radical (unpaired) electrons. The second-order valence-electron chi connectivity index (χ2n) is 5.76. The van der Waals surface area contributed by atoms with Crippen LogP contribution in [0.25, 0.3) is 0 Å². The third-order valence-electron chi connectivity index (χ3n) is 4.13. The Labute approximate surface area is 130 Å². The van der Waals surface area contributed by atoms with Gasteiger partial charge >= 0.3 is 0 Å². The second-order valence-corrected chi connectivity index (χ2v) is 5.76. The van der Waals surface area contributed by atoms with E-state index in [1.54, 1.807) is 10.9 Å². The van der Waals surface area contributed by atoms with Gasteiger partial charge < -0.3 is 10.1 Å². The van der Waals surface area contributed by atoms with E-state index in [4.69, 9.17) is 4.74 Å². The smallest absolute Gasteiger partial charge is 0.254 e. The minimum absolute atomic E-state index is 0.0655. The van der Waals surface area contributed by atoms with E-state index in [9.17, 15) is 4.79 Å². The first-order valence-corrected chi connectivity index (χ1v) is 7.60. The minimum atomic E-state index is -0.0655. The average molecular weight is 299 g/mol. The van der Waals surface area contributed by atoms with Crippen LogP contribution in [0.3, 0.4) is 0 Å². The molecule has 0 saturated carbocycles. The lowest BCUT2D eigenvalue weighted by Crippen LogP contribution is -2.30. The highest BCUT2D eigenvalue weighted by atomic mass is 16.5. The zero-order valence-electron chi connectivity index (χ0n) is 13.0. The van der Waals surface area contributed by atoms with Gasteiger partial charge in [-0.25, -0.2) is 0 Å². The summed E-state index contributed by atoms with van der Waals surface area (Å²) in [4.78, 5) is 12.3. The van der Waals surface area contributed by atoms with Crippen molar-refractivity contribution >= 4 is 5.91 Å². The number of nitrogens with one attached hydrogen (secondary N) is 1. The summed E-state index contributed by atoms with van der Waals surface area (Å²) in [6, 6.07) is 10.2. The van der Waals surface area contributed by atoms with E-state index >= 15 is 0 Å². The summed E-state index contributed by atoms with van der Waals surface area (Å²) in [7, 11) is 1.82. The number of aryl methyl sites for hydroxylation is 2. The van der Waals surface area contributed by atoms with E-state index in [0.717, 1.165) is 18.7 Å². The molecule has 1 aromatic carbocycles. The first kappa shape index (κ1) is 14.8. The first-order chi connectivity index (χ1) is 10.6. The molecule has 116 valence electrons. The van der Waals surface area contributed by atoms with Crippen LogP contribution < -0.4 is 5.32 Å². The number of nitrogens with zero attached hydrogens (tertiary/aromatic N) is 2. The molecule has 1 aliphatic rings. The van der Waals surface area contributed by atoms with E-state index in [0.29, 0.717) is 18.0 Å². The topological polar surface area (TPSA) is 56.2 Å². The summed E-state index contributed by atoms with van der Waals surface area (Å²) < 4.78 is 7.51. The number of amides is 1. The predicted molar refractivity (Wildman–Crippen MR) is 83.5 cm³/mol. The maximum atomic E-state index is 12.3. The van der Waals surface area contributed by atoms with Crippen molar-refractivity contribution in [1.29, 1.82) is 0 Å². The largest absolute Gasteiger partial charge is 0.373 e. The van der Waals surface area contributed by atoms with Gasteiger partial charge in [0.2, 0.25) is 0 Å². The molecule has 5 heteroatoms. The highest BCUT2D eigenvalue weighted by molar-refractivity contribution is 5.94. The maximum Gasteiger partial charge on any atom is 0.254 e. The zero-order valence-corrected chi connectivity index (χ0v) is 13.0. The zero-order chi connectivity index (χ0) is 15.5. The summed E-state index contributed by atoms with van der Waals surface area (Å²) in [5.74, 6) is 0.243. The minimum Gasteiger partial charge on any atom is -0.373 e. The van der Waals surface area contributed by atoms with Crippen LogP contribution in [0.5, 0.6) is 0 Å². The van der Waals surface area contributed by atoms with Crippen LogP contribution >= 0.6 is 0 Å². The molecule has 1 N–H and O–H groups in total. The number of benzene rings is 1. The molecule has 1 fully saturated rings. The van der Waals surface area contributed by atoms with Crippen molar-refractivity contribution in [2.75, 3.05) is 13.2 Å². The fourth-order valence-corrected chi connectivity index (χ4v) is 3.00. The van der Waals surface area contributed by atoms with E-state index in [2.05, 4.69) is 22.5 Å². The summed E-state index contributed by atoms with van der Waals surface area (Å²) >= 11 is 0. The van der Waals surface area contributed by atoms with Gasteiger partial charge in [-0.1, -0.05) is 30.3 Å². The van der Waals surface area contributed by atoms with E-state index in [1.807, 2.05) is 32.2 Å². The van der Waals surface area contributed by atoms with Gasteiger partial charge in [0.15, 0.2) is 0 Å². The molecule has 0 unspecified atom stereocenters. The number of carbonyl (C=O) groups excluding carboxylic acids is 1. The van der Waals surface area contributed by atoms with Crippen molar-refractivity contribution in [1.82, 2.24) is 15.1 Å². The number of hydrogen-bond acceptors (Lipinski definition) is 3. The molecule has 2 heterocycles. The molecule has 1 amide bonds. The average Bonchev–Trinajstić information content (AvgIpc) is 3.12. The molecule has 3 rings (SSSR count). The molecular weight excluding hydrogens is 278 g/mol. The van der Waals surface area contributed by atoms with Crippen molar-refractivity contribution in [2.24, 2.45) is 13.0 Å². The summed E-state index contributed by atoms with van der Waals surface area (Å²) in [6.45, 7) is 3.21. The Morgan fingerprint density at radius 3 is 2.86 bits per heavy atom. The highest BCUT2D eigenvalue weighted by Crippen LogP contribution is 2.33. The van der Waals surface area contributed by atoms with Crippen molar-refractivity contribution < 1.29 is 9.53 Å². The number of carbonyl (C=O) groups is 1. The fraction of sp³-hybridized carbons (Fsp3) is 0.412. The summed E-state index contributed by atoms with van der Waals surface area (Å²) in [6.07, 6.45) is 2.78. The summed E-state index contributed by atoms with van der Waals surface area (Å²) in [5.41, 5.74) is 2.57. The van der Waals surface area contributed by atoms with Crippen LogP contribution in [0.4, 0.5) is 0 Å². The Balaban J connectivity index is 1.63. The Bertz CT molecular complexity index is 651. The lowest BCUT2D eigenvalue weighted by atomic mass is 9.95. The van der Waals surface area contributed by atoms with Gasteiger partial charge in [-0.3, -0.25) is 9.48 Å². The number of ether oxygens (including phenoxy) is 1. The van der Waals surface area contributed by atoms with Gasteiger partial charge in [0.25, 0.3) is 5.91 Å². The Hall–Kier alpha value is -2.14. The van der Waals surface area contributed by atoms with Crippen molar-refractivity contribution in [3.05, 3.63) is 53.3 Å². The monoisotopic (exact) mass is 299 g/mol. The van der Waals surface area contributed by atoms with E-state index in [-0.39, 0.29) is 12.0 Å². The van der Waals surface area contributed by atoms with Crippen molar-refractivity contribution in [2.45, 2.75) is 19.4 Å². The molecular formula is C17H21N3O2. The second kappa shape index (κ2) is 6.32. The van der Waals surface area contributed by atoms with Crippen molar-refractivity contribution in [3.8, 4) is 0 Å². The van der Waals surface area contributed by atoms with Crippen LogP contribution in [0, 0.1) is 12.8 Å². The number of aromatic nitrogens is 2. The van der Waals surface area contributed by atoms with Gasteiger partial charge in [-0.15, -0.1) is 0 Å². The highest BCUT2D eigenvalue weighted by Gasteiger charge is 2.30. The molecule has 5 nitrogen and oxygen atoms in total. The molecule has 1 aromatic heterocycles. The summed E-state index contributed by atoms with van der Waals surface area (Å²) in [5, 5.41) is 7.23. The van der Waals surface area contributed by atoms with Crippen LogP contribution in [-0.4, -0.2) is 28.8 Å². The van der Waals surface area contributed by atoms with Gasteiger partial charge in [0.1, 0.15) is 0 Å². The molecule has 2 aromatic rings. The predicted octanol–water partition coefficient (Wildman–Crippen LogP) is 2.24. The van der Waals surface area contributed by atoms with Gasteiger partial charge in [-0.2, -0.15) is 5.10 Å². The lowest BCUT2D eigenvalue weighted by molar-refractivity contribution is 0.0846. The normalized spacial score (nSPS) is 21.0. The van der Waals surface area contributed by atoms with Crippen LogP contribution in [0.15, 0.2) is 36.5 Å². The molecule has 2 atom stereocenters. The first-order valence-electron chi connectivity index (χ1n) is 7.60. The Kier molecular flexibility index (Phi) is 4.24. The molecule has 0 bridgehead atoms. The quantitative estimate of drug-likeness (QED) is 0.942. The molecule has 1 saturated heterocycles. The van der Waals surface area contributed by atoms with Gasteiger partial charge in [0.05, 0.1) is 17.4 Å². The van der Waals surface area contributed by atoms with Gasteiger partial charge in [-0.05, 0) is 18.9 Å². The van der Waals surface area contributed by atoms with E-state index in [1.165, 1.54) is 5.56 Å². The maximum absolute atomic E-state index is 12.3. The van der Waals surface area contributed by atoms with E-state index < -0.39 is 0 Å². The number of hydrogen-bond donors (Lipinski definition) is 1. The number of rotatable bonds is 4. The SMILES string of the molecule is Cc1nn(C)cc1C(=O)NC[C@@H]1CCO[C@H]1c1ccccc1. The third-order valence-corrected chi connectivity index (χ3v) is 4.13. The van der Waals surface area contributed by atoms with Gasteiger partial charge in [0, 0.05) is 32.3 Å². The van der Waals surface area contributed by atoms with Crippen molar-refractivity contribution in [3.63, 3.8) is 0 Å². The third kappa shape index (κ3) is 3.04. The fourth-order valence-electron chi connectivity index (χ4n) is 3.00. The van der Waals surface area contributed by atoms with Crippen LogP contribution in [-0.2, 0) is 11.8 Å². The lowest BCUT2D eigenvalue weighted by Gasteiger charge is -2.19. The Morgan fingerprint density at radius 2 is 2.18 bits per heavy atom. The molecule has 22 heavy (non-hydrogen) atoms.